The number of aryl methyl sites for hydroxylation is 1. The Morgan fingerprint density at radius 1 is 1.33 bits per heavy atom. The van der Waals surface area contributed by atoms with E-state index in [1.165, 1.54) is 24.0 Å². The van der Waals surface area contributed by atoms with Crippen LogP contribution in [-0.4, -0.2) is 6.29 Å². The normalized spacial score (nSPS) is 12.4. The lowest BCUT2D eigenvalue weighted by molar-refractivity contribution is -0.108. The Balaban J connectivity index is 2.78. The fraction of sp³-hybridized carbons (Fsp3) is 0.500. The molecule has 0 aliphatic rings. The van der Waals surface area contributed by atoms with E-state index in [0.717, 1.165) is 12.7 Å². The SMILES string of the molecule is CCCC[C@@H](CC=O)c1ccccc1C. The molecule has 0 saturated carbocycles. The summed E-state index contributed by atoms with van der Waals surface area (Å²) in [6.45, 7) is 4.31. The third-order valence-corrected chi connectivity index (χ3v) is 2.92. The highest BCUT2D eigenvalue weighted by Gasteiger charge is 2.12. The lowest BCUT2D eigenvalue weighted by Crippen LogP contribution is -2.02. The number of carbonyl (C=O) groups excluding carboxylic acids is 1. The van der Waals surface area contributed by atoms with Gasteiger partial charge in [0.1, 0.15) is 6.29 Å². The summed E-state index contributed by atoms with van der Waals surface area (Å²) >= 11 is 0. The molecule has 0 amide bonds. The zero-order valence-electron chi connectivity index (χ0n) is 9.70. The molecule has 1 nitrogen and oxygen atoms in total. The molecule has 82 valence electrons. The zero-order chi connectivity index (χ0) is 11.1. The average Bonchev–Trinajstić information content (AvgIpc) is 2.25. The third kappa shape index (κ3) is 3.50. The van der Waals surface area contributed by atoms with Crippen LogP contribution in [0.3, 0.4) is 0 Å². The molecule has 1 aromatic carbocycles. The van der Waals surface area contributed by atoms with E-state index in [0.29, 0.717) is 12.3 Å². The highest BCUT2D eigenvalue weighted by Crippen LogP contribution is 2.27. The van der Waals surface area contributed by atoms with Crippen LogP contribution in [0.15, 0.2) is 24.3 Å². The Bertz CT molecular complexity index is 304. The van der Waals surface area contributed by atoms with Crippen molar-refractivity contribution in [1.82, 2.24) is 0 Å². The Kier molecular flexibility index (Phi) is 5.09. The van der Waals surface area contributed by atoms with Gasteiger partial charge in [0.05, 0.1) is 0 Å². The number of benzene rings is 1. The highest BCUT2D eigenvalue weighted by molar-refractivity contribution is 5.52. The van der Waals surface area contributed by atoms with E-state index in [1.807, 2.05) is 0 Å². The molecule has 0 spiro atoms. The molecule has 0 saturated heterocycles. The number of rotatable bonds is 6. The van der Waals surface area contributed by atoms with E-state index < -0.39 is 0 Å². The lowest BCUT2D eigenvalue weighted by Gasteiger charge is -2.16. The summed E-state index contributed by atoms with van der Waals surface area (Å²) in [5, 5.41) is 0. The number of hydrogen-bond donors (Lipinski definition) is 0. The van der Waals surface area contributed by atoms with Gasteiger partial charge in [0, 0.05) is 6.42 Å². The molecule has 0 unspecified atom stereocenters. The van der Waals surface area contributed by atoms with Gasteiger partial charge in [-0.2, -0.15) is 0 Å². The van der Waals surface area contributed by atoms with Gasteiger partial charge in [-0.1, -0.05) is 44.0 Å². The van der Waals surface area contributed by atoms with E-state index in [1.54, 1.807) is 0 Å². The average molecular weight is 204 g/mol. The van der Waals surface area contributed by atoms with Crippen molar-refractivity contribution >= 4 is 6.29 Å². The Morgan fingerprint density at radius 2 is 2.07 bits per heavy atom. The number of carbonyl (C=O) groups is 1. The molecule has 15 heavy (non-hydrogen) atoms. The third-order valence-electron chi connectivity index (χ3n) is 2.92. The van der Waals surface area contributed by atoms with Crippen LogP contribution in [0.5, 0.6) is 0 Å². The molecule has 1 rings (SSSR count). The quantitative estimate of drug-likeness (QED) is 0.643. The minimum absolute atomic E-state index is 0.420. The van der Waals surface area contributed by atoms with Gasteiger partial charge in [-0.3, -0.25) is 0 Å². The molecule has 0 bridgehead atoms. The van der Waals surface area contributed by atoms with Crippen LogP contribution in [0.2, 0.25) is 0 Å². The minimum atomic E-state index is 0.420. The van der Waals surface area contributed by atoms with E-state index in [-0.39, 0.29) is 0 Å². The van der Waals surface area contributed by atoms with Crippen molar-refractivity contribution in [2.24, 2.45) is 0 Å². The van der Waals surface area contributed by atoms with Gasteiger partial charge in [-0.25, -0.2) is 0 Å². The summed E-state index contributed by atoms with van der Waals surface area (Å²) in [5.41, 5.74) is 2.65. The second kappa shape index (κ2) is 6.39. The van der Waals surface area contributed by atoms with Gasteiger partial charge < -0.3 is 4.79 Å². The summed E-state index contributed by atoms with van der Waals surface area (Å²) < 4.78 is 0. The van der Waals surface area contributed by atoms with Gasteiger partial charge >= 0.3 is 0 Å². The van der Waals surface area contributed by atoms with Gasteiger partial charge in [-0.05, 0) is 30.4 Å². The van der Waals surface area contributed by atoms with Crippen molar-refractivity contribution in [3.63, 3.8) is 0 Å². The molecule has 0 heterocycles. The van der Waals surface area contributed by atoms with Crippen LogP contribution in [0.25, 0.3) is 0 Å². The first kappa shape index (κ1) is 12.0. The highest BCUT2D eigenvalue weighted by atomic mass is 16.1. The first-order chi connectivity index (χ1) is 7.29. The van der Waals surface area contributed by atoms with Crippen molar-refractivity contribution in [2.45, 2.75) is 45.4 Å². The van der Waals surface area contributed by atoms with Crippen LogP contribution < -0.4 is 0 Å². The second-order valence-corrected chi connectivity index (χ2v) is 4.10. The number of hydrogen-bond acceptors (Lipinski definition) is 1. The first-order valence-electron chi connectivity index (χ1n) is 5.78. The predicted molar refractivity (Wildman–Crippen MR) is 64.1 cm³/mol. The van der Waals surface area contributed by atoms with Crippen molar-refractivity contribution in [3.8, 4) is 0 Å². The smallest absolute Gasteiger partial charge is 0.120 e. The number of aldehydes is 1. The van der Waals surface area contributed by atoms with Crippen molar-refractivity contribution in [3.05, 3.63) is 35.4 Å². The molecule has 0 aromatic heterocycles. The molecular formula is C14H20O. The first-order valence-corrected chi connectivity index (χ1v) is 5.78. The van der Waals surface area contributed by atoms with Gasteiger partial charge in [0.2, 0.25) is 0 Å². The molecule has 0 aliphatic heterocycles. The zero-order valence-corrected chi connectivity index (χ0v) is 9.70. The summed E-state index contributed by atoms with van der Waals surface area (Å²) in [5.74, 6) is 0.420. The maximum atomic E-state index is 10.7. The van der Waals surface area contributed by atoms with Gasteiger partial charge in [-0.15, -0.1) is 0 Å². The summed E-state index contributed by atoms with van der Waals surface area (Å²) in [4.78, 5) is 10.7. The van der Waals surface area contributed by atoms with E-state index in [2.05, 4.69) is 38.1 Å². The molecular weight excluding hydrogens is 184 g/mol. The largest absolute Gasteiger partial charge is 0.303 e. The molecule has 1 heteroatoms. The van der Waals surface area contributed by atoms with Gasteiger partial charge in [0.15, 0.2) is 0 Å². The maximum Gasteiger partial charge on any atom is 0.120 e. The molecule has 0 N–H and O–H groups in total. The maximum absolute atomic E-state index is 10.7. The van der Waals surface area contributed by atoms with Crippen LogP contribution in [0, 0.1) is 6.92 Å². The lowest BCUT2D eigenvalue weighted by atomic mass is 9.88. The van der Waals surface area contributed by atoms with Crippen molar-refractivity contribution in [1.29, 1.82) is 0 Å². The Labute approximate surface area is 92.5 Å². The minimum Gasteiger partial charge on any atom is -0.303 e. The topological polar surface area (TPSA) is 17.1 Å². The Morgan fingerprint density at radius 3 is 2.67 bits per heavy atom. The fourth-order valence-corrected chi connectivity index (χ4v) is 2.01. The van der Waals surface area contributed by atoms with Crippen LogP contribution >= 0.6 is 0 Å². The van der Waals surface area contributed by atoms with Crippen molar-refractivity contribution < 1.29 is 4.79 Å². The molecule has 1 aromatic rings. The predicted octanol–water partition coefficient (Wildman–Crippen LogP) is 3.86. The fourth-order valence-electron chi connectivity index (χ4n) is 2.01. The molecule has 0 radical (unpaired) electrons. The van der Waals surface area contributed by atoms with Crippen LogP contribution in [-0.2, 0) is 4.79 Å². The van der Waals surface area contributed by atoms with E-state index in [4.69, 9.17) is 0 Å². The summed E-state index contributed by atoms with van der Waals surface area (Å²) in [7, 11) is 0. The number of unbranched alkanes of at least 4 members (excludes halogenated alkanes) is 1. The molecule has 0 aliphatic carbocycles. The van der Waals surface area contributed by atoms with Crippen LogP contribution in [0.4, 0.5) is 0 Å². The van der Waals surface area contributed by atoms with E-state index >= 15 is 0 Å². The van der Waals surface area contributed by atoms with Gasteiger partial charge in [0.25, 0.3) is 0 Å². The second-order valence-electron chi connectivity index (χ2n) is 4.10. The monoisotopic (exact) mass is 204 g/mol. The van der Waals surface area contributed by atoms with Crippen molar-refractivity contribution in [2.75, 3.05) is 0 Å². The Hall–Kier alpha value is -1.11. The van der Waals surface area contributed by atoms with Crippen LogP contribution in [0.1, 0.15) is 49.7 Å². The standard InChI is InChI=1S/C14H20O/c1-3-4-8-13(10-11-15)14-9-6-5-7-12(14)2/h5-7,9,11,13H,3-4,8,10H2,1-2H3/t13-/m0/s1. The summed E-state index contributed by atoms with van der Waals surface area (Å²) in [6.07, 6.45) is 5.23. The van der Waals surface area contributed by atoms with E-state index in [9.17, 15) is 4.79 Å². The molecule has 1 atom stereocenters. The summed E-state index contributed by atoms with van der Waals surface area (Å²) in [6, 6.07) is 8.39. The molecule has 0 fully saturated rings.